The van der Waals surface area contributed by atoms with Crippen LogP contribution in [0.1, 0.15) is 18.7 Å². The third-order valence-electron chi connectivity index (χ3n) is 3.73. The smallest absolute Gasteiger partial charge is 0.249 e. The number of nitrogens with one attached hydrogen (secondary N) is 2. The van der Waals surface area contributed by atoms with Gasteiger partial charge in [0.2, 0.25) is 5.91 Å². The van der Waals surface area contributed by atoms with Crippen LogP contribution in [-0.2, 0) is 23.1 Å². The lowest BCUT2D eigenvalue weighted by atomic mass is 10.1. The van der Waals surface area contributed by atoms with Crippen molar-refractivity contribution in [2.45, 2.75) is 37.6 Å². The fourth-order valence-corrected chi connectivity index (χ4v) is 2.65. The van der Waals surface area contributed by atoms with Crippen LogP contribution in [0.3, 0.4) is 0 Å². The zero-order valence-corrected chi connectivity index (χ0v) is 10.4. The molecule has 0 bridgehead atoms. The zero-order valence-electron chi connectivity index (χ0n) is 10.4. The van der Waals surface area contributed by atoms with Crippen molar-refractivity contribution in [2.75, 3.05) is 6.54 Å². The monoisotopic (exact) mass is 250 g/mol. The van der Waals surface area contributed by atoms with Gasteiger partial charge in [0.15, 0.2) is 0 Å². The van der Waals surface area contributed by atoms with Crippen LogP contribution in [0, 0.1) is 0 Å². The molecule has 1 aromatic heterocycles. The number of fused-ring (bicyclic) bond motifs is 1. The number of hydrogen-bond donors (Lipinski definition) is 2. The van der Waals surface area contributed by atoms with Crippen LogP contribution in [0.5, 0.6) is 0 Å². The van der Waals surface area contributed by atoms with E-state index in [0.29, 0.717) is 12.6 Å². The first-order valence-electron chi connectivity index (χ1n) is 6.37. The summed E-state index contributed by atoms with van der Waals surface area (Å²) in [6.07, 6.45) is 5.27. The standard InChI is InChI=1S/C12H18N4O2/c1-16-5-4-14-11(16)7-15-12(17)10-6-8-9(18-10)2-3-13-8/h4-5,8-10,13H,2-3,6-7H2,1H3,(H,15,17)/t8-,9-,10+/m1/s1. The summed E-state index contributed by atoms with van der Waals surface area (Å²) in [5.74, 6) is 0.814. The van der Waals surface area contributed by atoms with Gasteiger partial charge in [-0.1, -0.05) is 0 Å². The lowest BCUT2D eigenvalue weighted by molar-refractivity contribution is -0.132. The van der Waals surface area contributed by atoms with Gasteiger partial charge in [0.05, 0.1) is 12.6 Å². The number of hydrogen-bond acceptors (Lipinski definition) is 4. The van der Waals surface area contributed by atoms with E-state index >= 15 is 0 Å². The van der Waals surface area contributed by atoms with Gasteiger partial charge >= 0.3 is 0 Å². The third-order valence-corrected chi connectivity index (χ3v) is 3.73. The summed E-state index contributed by atoms with van der Waals surface area (Å²) in [5, 5.41) is 6.24. The van der Waals surface area contributed by atoms with Crippen molar-refractivity contribution < 1.29 is 9.53 Å². The normalized spacial score (nSPS) is 30.4. The van der Waals surface area contributed by atoms with Crippen molar-refractivity contribution in [3.63, 3.8) is 0 Å². The second kappa shape index (κ2) is 4.70. The number of imidazole rings is 1. The van der Waals surface area contributed by atoms with Crippen molar-refractivity contribution in [1.29, 1.82) is 0 Å². The molecule has 1 amide bonds. The highest BCUT2D eigenvalue weighted by Crippen LogP contribution is 2.26. The van der Waals surface area contributed by atoms with E-state index in [9.17, 15) is 4.79 Å². The van der Waals surface area contributed by atoms with Crippen molar-refractivity contribution >= 4 is 5.91 Å². The van der Waals surface area contributed by atoms with E-state index in [1.165, 1.54) is 0 Å². The van der Waals surface area contributed by atoms with Gasteiger partial charge in [-0.15, -0.1) is 0 Å². The molecule has 3 atom stereocenters. The molecular weight excluding hydrogens is 232 g/mol. The van der Waals surface area contributed by atoms with Crippen LogP contribution >= 0.6 is 0 Å². The first kappa shape index (κ1) is 11.7. The molecule has 2 fully saturated rings. The van der Waals surface area contributed by atoms with Gasteiger partial charge in [-0.05, 0) is 13.0 Å². The molecule has 0 unspecified atom stereocenters. The predicted molar refractivity (Wildman–Crippen MR) is 64.7 cm³/mol. The number of carbonyl (C=O) groups excluding carboxylic acids is 1. The Balaban J connectivity index is 1.52. The average Bonchev–Trinajstić information content (AvgIpc) is 3.00. The minimum absolute atomic E-state index is 0.0331. The number of carbonyl (C=O) groups is 1. The van der Waals surface area contributed by atoms with Crippen LogP contribution in [-0.4, -0.2) is 40.3 Å². The van der Waals surface area contributed by atoms with Gasteiger partial charge < -0.3 is 19.9 Å². The summed E-state index contributed by atoms with van der Waals surface area (Å²) in [5.41, 5.74) is 0. The first-order valence-corrected chi connectivity index (χ1v) is 6.37. The van der Waals surface area contributed by atoms with Gasteiger partial charge in [0, 0.05) is 31.9 Å². The molecule has 98 valence electrons. The third kappa shape index (κ3) is 2.13. The summed E-state index contributed by atoms with van der Waals surface area (Å²) in [7, 11) is 1.91. The van der Waals surface area contributed by atoms with Gasteiger partial charge in [0.1, 0.15) is 11.9 Å². The molecule has 6 heteroatoms. The Morgan fingerprint density at radius 1 is 1.72 bits per heavy atom. The van der Waals surface area contributed by atoms with E-state index in [0.717, 1.165) is 25.2 Å². The summed E-state index contributed by atoms with van der Waals surface area (Å²) in [6.45, 7) is 1.45. The van der Waals surface area contributed by atoms with E-state index in [1.54, 1.807) is 6.20 Å². The first-order chi connectivity index (χ1) is 8.74. The molecule has 2 N–H and O–H groups in total. The number of rotatable bonds is 3. The van der Waals surface area contributed by atoms with Gasteiger partial charge in [0.25, 0.3) is 0 Å². The topological polar surface area (TPSA) is 68.2 Å². The van der Waals surface area contributed by atoms with Crippen molar-refractivity contribution in [1.82, 2.24) is 20.2 Å². The van der Waals surface area contributed by atoms with E-state index < -0.39 is 0 Å². The molecule has 0 aliphatic carbocycles. The maximum absolute atomic E-state index is 12.0. The molecule has 0 saturated carbocycles. The molecule has 2 aliphatic heterocycles. The SMILES string of the molecule is Cn1ccnc1CNC(=O)[C@@H]1C[C@H]2NCC[C@H]2O1. The molecule has 18 heavy (non-hydrogen) atoms. The van der Waals surface area contributed by atoms with E-state index in [4.69, 9.17) is 4.74 Å². The van der Waals surface area contributed by atoms with Crippen LogP contribution in [0.2, 0.25) is 0 Å². The highest BCUT2D eigenvalue weighted by molar-refractivity contribution is 5.81. The van der Waals surface area contributed by atoms with Gasteiger partial charge in [-0.2, -0.15) is 0 Å². The lowest BCUT2D eigenvalue weighted by Crippen LogP contribution is -2.35. The largest absolute Gasteiger partial charge is 0.363 e. The molecule has 3 rings (SSSR count). The Morgan fingerprint density at radius 3 is 3.33 bits per heavy atom. The number of aromatic nitrogens is 2. The Morgan fingerprint density at radius 2 is 2.61 bits per heavy atom. The molecule has 0 spiro atoms. The Kier molecular flexibility index (Phi) is 3.05. The molecule has 2 saturated heterocycles. The second-order valence-corrected chi connectivity index (χ2v) is 4.92. The number of nitrogens with zero attached hydrogens (tertiary/aromatic N) is 2. The Hall–Kier alpha value is -1.40. The maximum Gasteiger partial charge on any atom is 0.249 e. The highest BCUT2D eigenvalue weighted by atomic mass is 16.5. The van der Waals surface area contributed by atoms with Crippen molar-refractivity contribution in [3.8, 4) is 0 Å². The zero-order chi connectivity index (χ0) is 12.5. The summed E-state index contributed by atoms with van der Waals surface area (Å²) < 4.78 is 7.64. The minimum Gasteiger partial charge on any atom is -0.363 e. The van der Waals surface area contributed by atoms with Gasteiger partial charge in [-0.25, -0.2) is 4.98 Å². The fraction of sp³-hybridized carbons (Fsp3) is 0.667. The lowest BCUT2D eigenvalue weighted by Gasteiger charge is -2.12. The van der Waals surface area contributed by atoms with Crippen molar-refractivity contribution in [3.05, 3.63) is 18.2 Å². The van der Waals surface area contributed by atoms with Crippen molar-refractivity contribution in [2.24, 2.45) is 7.05 Å². The Labute approximate surface area is 106 Å². The molecule has 3 heterocycles. The molecule has 0 aromatic carbocycles. The predicted octanol–water partition coefficient (Wildman–Crippen LogP) is -0.444. The number of amides is 1. The van der Waals surface area contributed by atoms with Crippen LogP contribution in [0.15, 0.2) is 12.4 Å². The van der Waals surface area contributed by atoms with E-state index in [1.807, 2.05) is 17.8 Å². The van der Waals surface area contributed by atoms with E-state index in [2.05, 4.69) is 15.6 Å². The molecule has 6 nitrogen and oxygen atoms in total. The van der Waals surface area contributed by atoms with E-state index in [-0.39, 0.29) is 18.1 Å². The maximum atomic E-state index is 12.0. The molecule has 1 aromatic rings. The molecular formula is C12H18N4O2. The fourth-order valence-electron chi connectivity index (χ4n) is 2.65. The van der Waals surface area contributed by atoms with Gasteiger partial charge in [-0.3, -0.25) is 4.79 Å². The molecule has 2 aliphatic rings. The van der Waals surface area contributed by atoms with Crippen LogP contribution in [0.25, 0.3) is 0 Å². The second-order valence-electron chi connectivity index (χ2n) is 4.92. The van der Waals surface area contributed by atoms with Crippen LogP contribution in [0.4, 0.5) is 0 Å². The van der Waals surface area contributed by atoms with Crippen LogP contribution < -0.4 is 10.6 Å². The minimum atomic E-state index is -0.312. The summed E-state index contributed by atoms with van der Waals surface area (Å²) in [4.78, 5) is 16.1. The summed E-state index contributed by atoms with van der Waals surface area (Å²) in [6, 6.07) is 0.355. The number of aryl methyl sites for hydroxylation is 1. The summed E-state index contributed by atoms with van der Waals surface area (Å²) >= 11 is 0. The number of ether oxygens (including phenoxy) is 1. The average molecular weight is 250 g/mol. The molecule has 0 radical (unpaired) electrons. The quantitative estimate of drug-likeness (QED) is 0.763. The Bertz CT molecular complexity index is 433. The highest BCUT2D eigenvalue weighted by Gasteiger charge is 2.41.